The number of aromatic amines is 1. The third-order valence-electron chi connectivity index (χ3n) is 3.01. The van der Waals surface area contributed by atoms with E-state index in [1.54, 1.807) is 13.0 Å². The molecule has 1 heterocycles. The molecule has 0 atom stereocenters. The lowest BCUT2D eigenvalue weighted by Gasteiger charge is -2.08. The van der Waals surface area contributed by atoms with Crippen LogP contribution in [0.3, 0.4) is 0 Å². The SMILES string of the molecule is Cc1ccc(-c2ccccc2-c2nnn[nH]2)cc1F. The lowest BCUT2D eigenvalue weighted by atomic mass is 9.98. The smallest absolute Gasteiger partial charge is 0.180 e. The third-order valence-corrected chi connectivity index (χ3v) is 3.01. The van der Waals surface area contributed by atoms with Gasteiger partial charge in [-0.15, -0.1) is 5.10 Å². The molecule has 3 rings (SSSR count). The molecule has 5 heteroatoms. The van der Waals surface area contributed by atoms with Crippen LogP contribution in [0.5, 0.6) is 0 Å². The summed E-state index contributed by atoms with van der Waals surface area (Å²) in [7, 11) is 0. The number of halogens is 1. The van der Waals surface area contributed by atoms with E-state index >= 15 is 0 Å². The zero-order chi connectivity index (χ0) is 13.2. The first-order valence-electron chi connectivity index (χ1n) is 5.85. The topological polar surface area (TPSA) is 54.5 Å². The van der Waals surface area contributed by atoms with Crippen molar-refractivity contribution in [2.45, 2.75) is 6.92 Å². The number of nitrogens with one attached hydrogen (secondary N) is 1. The van der Waals surface area contributed by atoms with Gasteiger partial charge in [0.25, 0.3) is 0 Å². The van der Waals surface area contributed by atoms with Crippen molar-refractivity contribution >= 4 is 0 Å². The van der Waals surface area contributed by atoms with E-state index in [4.69, 9.17) is 0 Å². The molecule has 0 aliphatic carbocycles. The normalized spacial score (nSPS) is 10.6. The van der Waals surface area contributed by atoms with Crippen LogP contribution in [0.2, 0.25) is 0 Å². The van der Waals surface area contributed by atoms with E-state index in [0.717, 1.165) is 16.7 Å². The number of tetrazole rings is 1. The second kappa shape index (κ2) is 4.61. The molecule has 0 amide bonds. The first kappa shape index (κ1) is 11.5. The number of benzene rings is 2. The molecule has 1 N–H and O–H groups in total. The maximum Gasteiger partial charge on any atom is 0.180 e. The van der Waals surface area contributed by atoms with E-state index in [2.05, 4.69) is 20.6 Å². The summed E-state index contributed by atoms with van der Waals surface area (Å²) in [5, 5.41) is 13.8. The molecule has 0 aliphatic heterocycles. The largest absolute Gasteiger partial charge is 0.239 e. The Kier molecular flexibility index (Phi) is 2.79. The van der Waals surface area contributed by atoms with E-state index in [1.165, 1.54) is 6.07 Å². The minimum absolute atomic E-state index is 0.219. The summed E-state index contributed by atoms with van der Waals surface area (Å²) in [5.41, 5.74) is 3.16. The van der Waals surface area contributed by atoms with Gasteiger partial charge >= 0.3 is 0 Å². The Bertz CT molecular complexity index is 707. The van der Waals surface area contributed by atoms with Gasteiger partial charge in [0, 0.05) is 5.56 Å². The lowest BCUT2D eigenvalue weighted by molar-refractivity contribution is 0.619. The second-order valence-electron chi connectivity index (χ2n) is 4.26. The highest BCUT2D eigenvalue weighted by Gasteiger charge is 2.10. The van der Waals surface area contributed by atoms with Crippen molar-refractivity contribution in [2.75, 3.05) is 0 Å². The van der Waals surface area contributed by atoms with Gasteiger partial charge in [0.15, 0.2) is 5.82 Å². The maximum absolute atomic E-state index is 13.7. The van der Waals surface area contributed by atoms with Crippen molar-refractivity contribution < 1.29 is 4.39 Å². The van der Waals surface area contributed by atoms with Crippen molar-refractivity contribution in [3.8, 4) is 22.5 Å². The molecular formula is C14H11FN4. The molecule has 0 saturated carbocycles. The van der Waals surface area contributed by atoms with Gasteiger partial charge in [0.2, 0.25) is 0 Å². The van der Waals surface area contributed by atoms with Crippen molar-refractivity contribution in [1.29, 1.82) is 0 Å². The average Bonchev–Trinajstić information content (AvgIpc) is 2.96. The summed E-state index contributed by atoms with van der Waals surface area (Å²) in [6.45, 7) is 1.74. The van der Waals surface area contributed by atoms with Gasteiger partial charge in [-0.3, -0.25) is 0 Å². The molecule has 1 aromatic heterocycles. The van der Waals surface area contributed by atoms with Crippen molar-refractivity contribution in [3.05, 3.63) is 53.8 Å². The van der Waals surface area contributed by atoms with Gasteiger partial charge < -0.3 is 0 Å². The molecule has 19 heavy (non-hydrogen) atoms. The Morgan fingerprint density at radius 3 is 2.53 bits per heavy atom. The van der Waals surface area contributed by atoms with Gasteiger partial charge in [-0.05, 0) is 40.1 Å². The van der Waals surface area contributed by atoms with Gasteiger partial charge in [0.05, 0.1) is 0 Å². The molecule has 0 bridgehead atoms. The Morgan fingerprint density at radius 2 is 1.84 bits per heavy atom. The second-order valence-corrected chi connectivity index (χ2v) is 4.26. The summed E-state index contributed by atoms with van der Waals surface area (Å²) >= 11 is 0. The van der Waals surface area contributed by atoms with Gasteiger partial charge in [-0.2, -0.15) is 0 Å². The summed E-state index contributed by atoms with van der Waals surface area (Å²) < 4.78 is 13.7. The molecule has 0 saturated heterocycles. The molecule has 4 nitrogen and oxygen atoms in total. The number of hydrogen-bond donors (Lipinski definition) is 1. The van der Waals surface area contributed by atoms with E-state index in [-0.39, 0.29) is 5.82 Å². The van der Waals surface area contributed by atoms with Gasteiger partial charge in [-0.25, -0.2) is 9.49 Å². The molecular weight excluding hydrogens is 243 g/mol. The molecule has 0 aliphatic rings. The quantitative estimate of drug-likeness (QED) is 0.764. The molecule has 0 spiro atoms. The summed E-state index contributed by atoms with van der Waals surface area (Å²) in [6, 6.07) is 12.8. The highest BCUT2D eigenvalue weighted by atomic mass is 19.1. The van der Waals surface area contributed by atoms with Crippen LogP contribution in [0, 0.1) is 12.7 Å². The monoisotopic (exact) mass is 254 g/mol. The minimum atomic E-state index is -0.219. The Morgan fingerprint density at radius 1 is 1.05 bits per heavy atom. The number of aromatic nitrogens is 4. The predicted octanol–water partition coefficient (Wildman–Crippen LogP) is 2.98. The summed E-state index contributed by atoms with van der Waals surface area (Å²) in [5.74, 6) is 0.347. The standard InChI is InChI=1S/C14H11FN4/c1-9-6-7-10(8-13(9)15)11-4-2-3-5-12(11)14-16-18-19-17-14/h2-8H,1H3,(H,16,17,18,19). The number of hydrogen-bond acceptors (Lipinski definition) is 3. The van der Waals surface area contributed by atoms with E-state index in [1.807, 2.05) is 30.3 Å². The van der Waals surface area contributed by atoms with Crippen LogP contribution >= 0.6 is 0 Å². The van der Waals surface area contributed by atoms with Crippen molar-refractivity contribution in [3.63, 3.8) is 0 Å². The van der Waals surface area contributed by atoms with Crippen LogP contribution < -0.4 is 0 Å². The predicted molar refractivity (Wildman–Crippen MR) is 69.7 cm³/mol. The summed E-state index contributed by atoms with van der Waals surface area (Å²) in [4.78, 5) is 0. The van der Waals surface area contributed by atoms with Crippen molar-refractivity contribution in [2.24, 2.45) is 0 Å². The number of rotatable bonds is 2. The molecule has 0 radical (unpaired) electrons. The molecule has 2 aromatic carbocycles. The Balaban J connectivity index is 2.17. The van der Waals surface area contributed by atoms with Crippen LogP contribution in [-0.2, 0) is 0 Å². The fraction of sp³-hybridized carbons (Fsp3) is 0.0714. The zero-order valence-corrected chi connectivity index (χ0v) is 10.3. The van der Waals surface area contributed by atoms with E-state index < -0.39 is 0 Å². The van der Waals surface area contributed by atoms with Gasteiger partial charge in [0.1, 0.15) is 5.82 Å². The van der Waals surface area contributed by atoms with Crippen LogP contribution in [0.4, 0.5) is 4.39 Å². The average molecular weight is 254 g/mol. The van der Waals surface area contributed by atoms with Crippen LogP contribution in [-0.4, -0.2) is 20.6 Å². The molecule has 3 aromatic rings. The first-order chi connectivity index (χ1) is 9.25. The highest BCUT2D eigenvalue weighted by molar-refractivity contribution is 5.80. The fourth-order valence-electron chi connectivity index (χ4n) is 1.97. The third kappa shape index (κ3) is 2.10. The van der Waals surface area contributed by atoms with Crippen LogP contribution in [0.25, 0.3) is 22.5 Å². The van der Waals surface area contributed by atoms with Crippen LogP contribution in [0.1, 0.15) is 5.56 Å². The van der Waals surface area contributed by atoms with E-state index in [9.17, 15) is 4.39 Å². The van der Waals surface area contributed by atoms with Gasteiger partial charge in [-0.1, -0.05) is 36.4 Å². The fourth-order valence-corrected chi connectivity index (χ4v) is 1.97. The summed E-state index contributed by atoms with van der Waals surface area (Å²) in [6.07, 6.45) is 0. The van der Waals surface area contributed by atoms with Crippen molar-refractivity contribution in [1.82, 2.24) is 20.6 Å². The Hall–Kier alpha value is -2.56. The van der Waals surface area contributed by atoms with Crippen LogP contribution in [0.15, 0.2) is 42.5 Å². The lowest BCUT2D eigenvalue weighted by Crippen LogP contribution is -1.89. The molecule has 94 valence electrons. The van der Waals surface area contributed by atoms with E-state index in [0.29, 0.717) is 11.4 Å². The number of nitrogens with zero attached hydrogens (tertiary/aromatic N) is 3. The maximum atomic E-state index is 13.7. The minimum Gasteiger partial charge on any atom is -0.239 e. The first-order valence-corrected chi connectivity index (χ1v) is 5.85. The number of H-pyrrole nitrogens is 1. The molecule has 0 fully saturated rings. The highest BCUT2D eigenvalue weighted by Crippen LogP contribution is 2.30. The molecule has 0 unspecified atom stereocenters. The Labute approximate surface area is 109 Å². The number of aryl methyl sites for hydroxylation is 1. The zero-order valence-electron chi connectivity index (χ0n) is 10.3.